The topological polar surface area (TPSA) is 74.9 Å². The van der Waals surface area contributed by atoms with E-state index in [0.29, 0.717) is 6.54 Å². The van der Waals surface area contributed by atoms with E-state index in [1.807, 2.05) is 19.1 Å². The van der Waals surface area contributed by atoms with Gasteiger partial charge in [-0.05, 0) is 26.0 Å². The summed E-state index contributed by atoms with van der Waals surface area (Å²) < 4.78 is 10.8. The van der Waals surface area contributed by atoms with Crippen molar-refractivity contribution in [1.29, 1.82) is 0 Å². The predicted octanol–water partition coefficient (Wildman–Crippen LogP) is 2.58. The Bertz CT molecular complexity index is 694. The van der Waals surface area contributed by atoms with Gasteiger partial charge in [-0.15, -0.1) is 35.3 Å². The molecule has 0 atom stereocenters. The quantitative estimate of drug-likeness (QED) is 0.318. The molecule has 0 saturated carbocycles. The summed E-state index contributed by atoms with van der Waals surface area (Å²) in [6.07, 6.45) is 2.53. The second-order valence-electron chi connectivity index (χ2n) is 6.55. The van der Waals surface area contributed by atoms with E-state index in [9.17, 15) is 0 Å². The lowest BCUT2D eigenvalue weighted by Crippen LogP contribution is -2.44. The van der Waals surface area contributed by atoms with Crippen molar-refractivity contribution in [2.24, 2.45) is 4.99 Å². The van der Waals surface area contributed by atoms with Gasteiger partial charge in [0.05, 0.1) is 31.7 Å². The molecule has 0 radical (unpaired) electrons. The number of hydrogen-bond acceptors (Lipinski definition) is 6. The van der Waals surface area contributed by atoms with Gasteiger partial charge < -0.3 is 19.8 Å². The van der Waals surface area contributed by atoms with Gasteiger partial charge in [0.2, 0.25) is 0 Å². The van der Waals surface area contributed by atoms with Crippen molar-refractivity contribution in [3.05, 3.63) is 39.7 Å². The minimum atomic E-state index is 0. The lowest BCUT2D eigenvalue weighted by Gasteiger charge is -2.26. The molecule has 2 aromatic heterocycles. The van der Waals surface area contributed by atoms with Crippen LogP contribution in [0.2, 0.25) is 0 Å². The highest BCUT2D eigenvalue weighted by atomic mass is 127. The van der Waals surface area contributed by atoms with Crippen LogP contribution >= 0.6 is 35.3 Å². The molecule has 1 aliphatic heterocycles. The van der Waals surface area contributed by atoms with Crippen molar-refractivity contribution in [2.45, 2.75) is 26.8 Å². The van der Waals surface area contributed by atoms with Crippen LogP contribution in [0.3, 0.4) is 0 Å². The lowest BCUT2D eigenvalue weighted by atomic mass is 10.3. The number of guanidine groups is 1. The Morgan fingerprint density at radius 2 is 2.04 bits per heavy atom. The third-order valence-electron chi connectivity index (χ3n) is 4.51. The smallest absolute Gasteiger partial charge is 0.191 e. The standard InChI is InChI=1S/C19H29N5O2S.HI/c1-15-16(2)27-18(23-15)14-22-19(20-6-5-17-4-3-11-26-17)21-7-8-24-9-12-25-13-10-24;/h3-4,11H,5-10,12-14H2,1-2H3,(H2,20,21,22);1H. The summed E-state index contributed by atoms with van der Waals surface area (Å²) in [5, 5.41) is 7.89. The second kappa shape index (κ2) is 12.4. The van der Waals surface area contributed by atoms with Gasteiger partial charge in [0.15, 0.2) is 5.96 Å². The number of nitrogens with zero attached hydrogens (tertiary/aromatic N) is 3. The molecule has 9 heteroatoms. The molecule has 1 fully saturated rings. The van der Waals surface area contributed by atoms with Gasteiger partial charge in [0.25, 0.3) is 0 Å². The first-order valence-corrected chi connectivity index (χ1v) is 10.3. The van der Waals surface area contributed by atoms with Crippen LogP contribution in [0.5, 0.6) is 0 Å². The summed E-state index contributed by atoms with van der Waals surface area (Å²) in [4.78, 5) is 13.0. The first-order chi connectivity index (χ1) is 13.2. The van der Waals surface area contributed by atoms with Crippen molar-refractivity contribution in [1.82, 2.24) is 20.5 Å². The van der Waals surface area contributed by atoms with E-state index >= 15 is 0 Å². The number of rotatable bonds is 8. The first-order valence-electron chi connectivity index (χ1n) is 9.48. The summed E-state index contributed by atoms with van der Waals surface area (Å²) in [5.41, 5.74) is 1.10. The highest BCUT2D eigenvalue weighted by molar-refractivity contribution is 14.0. The molecular formula is C19H30IN5O2S. The van der Waals surface area contributed by atoms with E-state index in [2.05, 4.69) is 27.4 Å². The Morgan fingerprint density at radius 1 is 1.25 bits per heavy atom. The maximum absolute atomic E-state index is 5.40. The highest BCUT2D eigenvalue weighted by Gasteiger charge is 2.10. The summed E-state index contributed by atoms with van der Waals surface area (Å²) in [7, 11) is 0. The first kappa shape index (κ1) is 23.1. The molecule has 0 amide bonds. The molecule has 3 heterocycles. The van der Waals surface area contributed by atoms with Gasteiger partial charge in [0, 0.05) is 44.0 Å². The van der Waals surface area contributed by atoms with Gasteiger partial charge in [-0.25, -0.2) is 9.98 Å². The molecule has 1 aliphatic rings. The maximum atomic E-state index is 5.40. The van der Waals surface area contributed by atoms with Crippen LogP contribution in [-0.2, 0) is 17.7 Å². The fraction of sp³-hybridized carbons (Fsp3) is 0.579. The molecule has 0 aliphatic carbocycles. The van der Waals surface area contributed by atoms with Crippen LogP contribution in [0.15, 0.2) is 27.8 Å². The number of hydrogen-bond donors (Lipinski definition) is 2. The van der Waals surface area contributed by atoms with Crippen LogP contribution in [0.1, 0.15) is 21.3 Å². The summed E-state index contributed by atoms with van der Waals surface area (Å²) in [6, 6.07) is 3.91. The molecule has 0 unspecified atom stereocenters. The number of aromatic nitrogens is 1. The highest BCUT2D eigenvalue weighted by Crippen LogP contribution is 2.16. The number of aryl methyl sites for hydroxylation is 2. The molecule has 28 heavy (non-hydrogen) atoms. The summed E-state index contributed by atoms with van der Waals surface area (Å²) in [5.74, 6) is 1.79. The molecule has 3 rings (SSSR count). The number of ether oxygens (including phenoxy) is 1. The molecule has 0 spiro atoms. The van der Waals surface area contributed by atoms with Crippen LogP contribution in [-0.4, -0.2) is 61.8 Å². The average Bonchev–Trinajstić information content (AvgIpc) is 3.30. The van der Waals surface area contributed by atoms with E-state index in [0.717, 1.165) is 74.8 Å². The SMILES string of the molecule is Cc1nc(CN=C(NCCc2ccco2)NCCN2CCOCC2)sc1C.I. The van der Waals surface area contributed by atoms with Crippen molar-refractivity contribution < 1.29 is 9.15 Å². The number of aliphatic imine (C=N–C) groups is 1. The molecule has 2 N–H and O–H groups in total. The fourth-order valence-electron chi connectivity index (χ4n) is 2.84. The van der Waals surface area contributed by atoms with Crippen LogP contribution in [0, 0.1) is 13.8 Å². The lowest BCUT2D eigenvalue weighted by molar-refractivity contribution is 0.0389. The van der Waals surface area contributed by atoms with E-state index in [4.69, 9.17) is 14.1 Å². The molecule has 1 saturated heterocycles. The fourth-order valence-corrected chi connectivity index (χ4v) is 3.70. The molecule has 0 bridgehead atoms. The molecule has 156 valence electrons. The van der Waals surface area contributed by atoms with Gasteiger partial charge in [0.1, 0.15) is 10.8 Å². The van der Waals surface area contributed by atoms with Crippen molar-refractivity contribution >= 4 is 41.3 Å². The maximum Gasteiger partial charge on any atom is 0.191 e. The Balaban J connectivity index is 0.00000280. The number of nitrogens with one attached hydrogen (secondary N) is 2. The zero-order chi connectivity index (χ0) is 18.9. The van der Waals surface area contributed by atoms with E-state index in [1.54, 1.807) is 17.6 Å². The zero-order valence-corrected chi connectivity index (χ0v) is 19.7. The van der Waals surface area contributed by atoms with Crippen molar-refractivity contribution in [3.8, 4) is 0 Å². The number of halogens is 1. The van der Waals surface area contributed by atoms with Gasteiger partial charge in [-0.2, -0.15) is 0 Å². The number of thiazole rings is 1. The second-order valence-corrected chi connectivity index (χ2v) is 7.84. The van der Waals surface area contributed by atoms with Gasteiger partial charge >= 0.3 is 0 Å². The Hall–Kier alpha value is -1.17. The van der Waals surface area contributed by atoms with Crippen LogP contribution < -0.4 is 10.6 Å². The summed E-state index contributed by atoms with van der Waals surface area (Å²) >= 11 is 1.71. The molecule has 7 nitrogen and oxygen atoms in total. The Morgan fingerprint density at radius 3 is 2.71 bits per heavy atom. The normalized spacial score (nSPS) is 15.3. The van der Waals surface area contributed by atoms with E-state index < -0.39 is 0 Å². The number of morpholine rings is 1. The monoisotopic (exact) mass is 519 g/mol. The van der Waals surface area contributed by atoms with Crippen molar-refractivity contribution in [3.63, 3.8) is 0 Å². The average molecular weight is 519 g/mol. The summed E-state index contributed by atoms with van der Waals surface area (Å²) in [6.45, 7) is 11.0. The van der Waals surface area contributed by atoms with E-state index in [1.165, 1.54) is 4.88 Å². The van der Waals surface area contributed by atoms with Gasteiger partial charge in [-0.1, -0.05) is 0 Å². The third kappa shape index (κ3) is 7.69. The molecular weight excluding hydrogens is 489 g/mol. The predicted molar refractivity (Wildman–Crippen MR) is 124 cm³/mol. The number of furan rings is 1. The molecule has 0 aromatic carbocycles. The van der Waals surface area contributed by atoms with E-state index in [-0.39, 0.29) is 24.0 Å². The van der Waals surface area contributed by atoms with Gasteiger partial charge in [-0.3, -0.25) is 4.90 Å². The minimum absolute atomic E-state index is 0. The molecule has 2 aromatic rings. The Labute approximate surface area is 188 Å². The zero-order valence-electron chi connectivity index (χ0n) is 16.6. The van der Waals surface area contributed by atoms with Crippen LogP contribution in [0.25, 0.3) is 0 Å². The minimum Gasteiger partial charge on any atom is -0.469 e. The van der Waals surface area contributed by atoms with Crippen LogP contribution in [0.4, 0.5) is 0 Å². The third-order valence-corrected chi connectivity index (χ3v) is 5.57. The Kier molecular flexibility index (Phi) is 10.2. The van der Waals surface area contributed by atoms with Crippen molar-refractivity contribution in [2.75, 3.05) is 45.9 Å². The largest absolute Gasteiger partial charge is 0.469 e.